The average molecular weight is 366 g/mol. The van der Waals surface area contributed by atoms with Crippen LogP contribution in [0.2, 0.25) is 0 Å². The Bertz CT molecular complexity index is 405. The van der Waals surface area contributed by atoms with E-state index in [1.165, 1.54) is 0 Å². The molecule has 94 valence electrons. The fourth-order valence-corrected chi connectivity index (χ4v) is 2.29. The van der Waals surface area contributed by atoms with Gasteiger partial charge in [-0.05, 0) is 47.5 Å². The Kier molecular flexibility index (Phi) is 6.16. The van der Waals surface area contributed by atoms with E-state index in [0.717, 1.165) is 10.0 Å². The molecule has 0 aliphatic rings. The van der Waals surface area contributed by atoms with Crippen LogP contribution in [0.3, 0.4) is 0 Å². The predicted molar refractivity (Wildman–Crippen MR) is 73.1 cm³/mol. The lowest BCUT2D eigenvalue weighted by Crippen LogP contribution is -2.06. The van der Waals surface area contributed by atoms with Crippen LogP contribution >= 0.6 is 31.9 Å². The summed E-state index contributed by atoms with van der Waals surface area (Å²) >= 11 is 6.79. The Hall–Kier alpha value is -0.390. The minimum Gasteiger partial charge on any atom is -0.462 e. The Morgan fingerprint density at radius 2 is 1.88 bits per heavy atom. The number of carbonyl (C=O) groups is 1. The molecule has 1 aromatic carbocycles. The van der Waals surface area contributed by atoms with Gasteiger partial charge in [0.05, 0.1) is 18.8 Å². The maximum Gasteiger partial charge on any atom is 0.339 e. The summed E-state index contributed by atoms with van der Waals surface area (Å²) in [5.74, 6) is -0.331. The van der Waals surface area contributed by atoms with Crippen LogP contribution in [0.1, 0.15) is 29.8 Å². The molecule has 5 heteroatoms. The summed E-state index contributed by atoms with van der Waals surface area (Å²) in [6, 6.07) is 3.61. The van der Waals surface area contributed by atoms with Gasteiger partial charge >= 0.3 is 5.97 Å². The number of halogens is 2. The van der Waals surface area contributed by atoms with Crippen LogP contribution in [-0.2, 0) is 16.1 Å². The van der Waals surface area contributed by atoms with Gasteiger partial charge in [-0.2, -0.15) is 0 Å². The maximum atomic E-state index is 11.6. The first-order valence-electron chi connectivity index (χ1n) is 5.32. The molecule has 3 nitrogen and oxygen atoms in total. The highest BCUT2D eigenvalue weighted by Gasteiger charge is 2.14. The van der Waals surface area contributed by atoms with Gasteiger partial charge in [0, 0.05) is 15.6 Å². The molecular formula is C12H14Br2O3. The highest BCUT2D eigenvalue weighted by atomic mass is 79.9. The Morgan fingerprint density at radius 1 is 1.18 bits per heavy atom. The molecule has 0 aromatic heterocycles. The number of ether oxygens (including phenoxy) is 2. The van der Waals surface area contributed by atoms with Crippen molar-refractivity contribution in [3.8, 4) is 0 Å². The van der Waals surface area contributed by atoms with Crippen LogP contribution < -0.4 is 0 Å². The first kappa shape index (κ1) is 14.7. The molecule has 0 bridgehead atoms. The maximum absolute atomic E-state index is 11.6. The highest BCUT2D eigenvalue weighted by Crippen LogP contribution is 2.27. The van der Waals surface area contributed by atoms with Crippen LogP contribution in [-0.4, -0.2) is 19.2 Å². The fraction of sp³-hybridized carbons (Fsp3) is 0.417. The number of hydrogen-bond donors (Lipinski definition) is 0. The van der Waals surface area contributed by atoms with E-state index >= 15 is 0 Å². The molecule has 0 radical (unpaired) electrons. The van der Waals surface area contributed by atoms with Crippen LogP contribution in [0.15, 0.2) is 21.1 Å². The summed E-state index contributed by atoms with van der Waals surface area (Å²) < 4.78 is 11.9. The van der Waals surface area contributed by atoms with Crippen LogP contribution in [0.4, 0.5) is 0 Å². The molecule has 0 saturated heterocycles. The Balaban J connectivity index is 2.96. The van der Waals surface area contributed by atoms with Crippen molar-refractivity contribution in [3.63, 3.8) is 0 Å². The van der Waals surface area contributed by atoms with Crippen molar-refractivity contribution < 1.29 is 14.3 Å². The zero-order valence-corrected chi connectivity index (χ0v) is 12.9. The third kappa shape index (κ3) is 4.08. The monoisotopic (exact) mass is 364 g/mol. The number of benzene rings is 1. The van der Waals surface area contributed by atoms with Gasteiger partial charge in [-0.1, -0.05) is 15.9 Å². The molecule has 0 spiro atoms. The van der Waals surface area contributed by atoms with Gasteiger partial charge in [0.25, 0.3) is 0 Å². The first-order valence-corrected chi connectivity index (χ1v) is 6.91. The molecule has 0 heterocycles. The molecule has 17 heavy (non-hydrogen) atoms. The SMILES string of the molecule is CCOCc1cc(Br)c(C(=O)OCC)cc1Br. The Labute approximate surface area is 118 Å². The van der Waals surface area contributed by atoms with Gasteiger partial charge in [0.2, 0.25) is 0 Å². The lowest BCUT2D eigenvalue weighted by Gasteiger charge is -2.09. The summed E-state index contributed by atoms with van der Waals surface area (Å²) in [7, 11) is 0. The molecule has 1 rings (SSSR count). The lowest BCUT2D eigenvalue weighted by atomic mass is 10.1. The van der Waals surface area contributed by atoms with E-state index in [0.29, 0.717) is 29.9 Å². The second-order valence-electron chi connectivity index (χ2n) is 3.28. The number of esters is 1. The van der Waals surface area contributed by atoms with Gasteiger partial charge < -0.3 is 9.47 Å². The summed E-state index contributed by atoms with van der Waals surface area (Å²) in [5, 5.41) is 0. The smallest absolute Gasteiger partial charge is 0.339 e. The van der Waals surface area contributed by atoms with Crippen molar-refractivity contribution in [2.75, 3.05) is 13.2 Å². The summed E-state index contributed by atoms with van der Waals surface area (Å²) in [6.07, 6.45) is 0. The van der Waals surface area contributed by atoms with Crippen LogP contribution in [0.25, 0.3) is 0 Å². The van der Waals surface area contributed by atoms with Gasteiger partial charge in [-0.15, -0.1) is 0 Å². The second-order valence-corrected chi connectivity index (χ2v) is 4.99. The summed E-state index contributed by atoms with van der Waals surface area (Å²) in [5.41, 5.74) is 1.51. The van der Waals surface area contributed by atoms with Crippen LogP contribution in [0.5, 0.6) is 0 Å². The number of rotatable bonds is 5. The molecule has 0 aliphatic heterocycles. The van der Waals surface area contributed by atoms with E-state index in [9.17, 15) is 4.79 Å². The fourth-order valence-electron chi connectivity index (χ4n) is 1.28. The molecule has 0 saturated carbocycles. The standard InChI is InChI=1S/C12H14Br2O3/c1-3-16-7-8-5-11(14)9(6-10(8)13)12(15)17-4-2/h5-6H,3-4,7H2,1-2H3. The highest BCUT2D eigenvalue weighted by molar-refractivity contribution is 9.11. The van der Waals surface area contributed by atoms with Gasteiger partial charge in [0.1, 0.15) is 0 Å². The van der Waals surface area contributed by atoms with E-state index in [2.05, 4.69) is 31.9 Å². The lowest BCUT2D eigenvalue weighted by molar-refractivity contribution is 0.0525. The average Bonchev–Trinajstić information content (AvgIpc) is 2.30. The van der Waals surface area contributed by atoms with E-state index in [4.69, 9.17) is 9.47 Å². The molecule has 0 amide bonds. The van der Waals surface area contributed by atoms with E-state index in [1.807, 2.05) is 13.0 Å². The van der Waals surface area contributed by atoms with Gasteiger partial charge in [-0.25, -0.2) is 4.79 Å². The molecule has 0 atom stereocenters. The minimum absolute atomic E-state index is 0.331. The molecule has 1 aromatic rings. The zero-order valence-electron chi connectivity index (χ0n) is 9.76. The Morgan fingerprint density at radius 3 is 2.47 bits per heavy atom. The predicted octanol–water partition coefficient (Wildman–Crippen LogP) is 3.92. The number of carbonyl (C=O) groups excluding carboxylic acids is 1. The number of hydrogen-bond acceptors (Lipinski definition) is 3. The normalized spacial score (nSPS) is 10.4. The molecule has 0 fully saturated rings. The van der Waals surface area contributed by atoms with Crippen molar-refractivity contribution in [1.29, 1.82) is 0 Å². The van der Waals surface area contributed by atoms with Crippen molar-refractivity contribution in [3.05, 3.63) is 32.2 Å². The molecular weight excluding hydrogens is 352 g/mol. The third-order valence-corrected chi connectivity index (χ3v) is 3.49. The van der Waals surface area contributed by atoms with Crippen LogP contribution in [0, 0.1) is 0 Å². The van der Waals surface area contributed by atoms with E-state index < -0.39 is 0 Å². The first-order chi connectivity index (χ1) is 8.10. The third-order valence-electron chi connectivity index (χ3n) is 2.09. The van der Waals surface area contributed by atoms with Gasteiger partial charge in [0.15, 0.2) is 0 Å². The quantitative estimate of drug-likeness (QED) is 0.741. The zero-order chi connectivity index (χ0) is 12.8. The van der Waals surface area contributed by atoms with Gasteiger partial charge in [-0.3, -0.25) is 0 Å². The topological polar surface area (TPSA) is 35.5 Å². The largest absolute Gasteiger partial charge is 0.462 e. The second kappa shape index (κ2) is 7.13. The molecule has 0 unspecified atom stereocenters. The van der Waals surface area contributed by atoms with Crippen molar-refractivity contribution in [1.82, 2.24) is 0 Å². The van der Waals surface area contributed by atoms with Crippen molar-refractivity contribution in [2.24, 2.45) is 0 Å². The minimum atomic E-state index is -0.331. The summed E-state index contributed by atoms with van der Waals surface area (Å²) in [4.78, 5) is 11.6. The molecule has 0 aliphatic carbocycles. The molecule has 0 N–H and O–H groups in total. The van der Waals surface area contributed by atoms with Crippen molar-refractivity contribution >= 4 is 37.8 Å². The van der Waals surface area contributed by atoms with E-state index in [-0.39, 0.29) is 5.97 Å². The van der Waals surface area contributed by atoms with E-state index in [1.54, 1.807) is 13.0 Å². The van der Waals surface area contributed by atoms with Crippen molar-refractivity contribution in [2.45, 2.75) is 20.5 Å². The summed E-state index contributed by atoms with van der Waals surface area (Å²) in [6.45, 7) is 5.26.